The Kier molecular flexibility index (Phi) is 8.04. The lowest BCUT2D eigenvalue weighted by Crippen LogP contribution is -2.24. The number of rotatable bonds is 8. The van der Waals surface area contributed by atoms with E-state index in [0.29, 0.717) is 29.1 Å². The molecule has 0 bridgehead atoms. The van der Waals surface area contributed by atoms with Crippen molar-refractivity contribution < 1.29 is 9.59 Å². The van der Waals surface area contributed by atoms with E-state index in [1.807, 2.05) is 61.5 Å². The topological polar surface area (TPSA) is 82.0 Å². The van der Waals surface area contributed by atoms with E-state index >= 15 is 0 Å². The molecule has 0 radical (unpaired) electrons. The molecule has 0 aliphatic heterocycles. The standard InChI is InChI=1S/C27H27N3O2S2/c1-2-23(26(32)30-27-22(17-28)21-13-6-7-14-24(21)34-27)33-20-12-8-11-19(16-20)29-25(31)15-18-9-4-3-5-10-18/h3-5,8-12,16,23H,2,6-7,13-15H2,1H3,(H,29,31)(H,30,32). The number of anilines is 2. The molecule has 2 N–H and O–H groups in total. The molecule has 5 nitrogen and oxygen atoms in total. The number of nitrogens with zero attached hydrogens (tertiary/aromatic N) is 1. The summed E-state index contributed by atoms with van der Waals surface area (Å²) in [7, 11) is 0. The van der Waals surface area contributed by atoms with Crippen LogP contribution in [-0.4, -0.2) is 17.1 Å². The molecule has 0 spiro atoms. The number of carbonyl (C=O) groups is 2. The Balaban J connectivity index is 1.40. The summed E-state index contributed by atoms with van der Waals surface area (Å²) in [6, 6.07) is 19.5. The van der Waals surface area contributed by atoms with Crippen molar-refractivity contribution in [2.45, 2.75) is 55.6 Å². The maximum atomic E-state index is 13.1. The molecule has 1 aliphatic rings. The summed E-state index contributed by atoms with van der Waals surface area (Å²) in [6.07, 6.45) is 5.09. The number of thiophene rings is 1. The molecular weight excluding hydrogens is 462 g/mol. The number of aryl methyl sites for hydroxylation is 1. The first-order chi connectivity index (χ1) is 16.6. The summed E-state index contributed by atoms with van der Waals surface area (Å²) >= 11 is 3.02. The van der Waals surface area contributed by atoms with Crippen LogP contribution in [0.25, 0.3) is 0 Å². The summed E-state index contributed by atoms with van der Waals surface area (Å²) in [4.78, 5) is 27.7. The van der Waals surface area contributed by atoms with Crippen molar-refractivity contribution in [1.29, 1.82) is 5.26 Å². The molecular formula is C27H27N3O2S2. The first-order valence-corrected chi connectivity index (χ1v) is 13.2. The number of hydrogen-bond acceptors (Lipinski definition) is 5. The lowest BCUT2D eigenvalue weighted by atomic mass is 9.96. The molecule has 4 rings (SSSR count). The van der Waals surface area contributed by atoms with E-state index in [4.69, 9.17) is 0 Å². The number of thioether (sulfide) groups is 1. The fraction of sp³-hybridized carbons (Fsp3) is 0.296. The number of fused-ring (bicyclic) bond motifs is 1. The normalized spacial score (nSPS) is 13.4. The van der Waals surface area contributed by atoms with Gasteiger partial charge in [0.1, 0.15) is 11.1 Å². The molecule has 2 amide bonds. The van der Waals surface area contributed by atoms with Gasteiger partial charge in [0.2, 0.25) is 11.8 Å². The molecule has 1 unspecified atom stereocenters. The van der Waals surface area contributed by atoms with E-state index in [-0.39, 0.29) is 17.1 Å². The first kappa shape index (κ1) is 24.1. The van der Waals surface area contributed by atoms with E-state index in [1.165, 1.54) is 16.6 Å². The van der Waals surface area contributed by atoms with Crippen LogP contribution in [0.5, 0.6) is 0 Å². The zero-order valence-electron chi connectivity index (χ0n) is 19.1. The fourth-order valence-electron chi connectivity index (χ4n) is 4.08. The SMILES string of the molecule is CCC(Sc1cccc(NC(=O)Cc2ccccc2)c1)C(=O)Nc1sc2c(c1C#N)CCCC2. The van der Waals surface area contributed by atoms with Crippen LogP contribution >= 0.6 is 23.1 Å². The van der Waals surface area contributed by atoms with Gasteiger partial charge >= 0.3 is 0 Å². The third-order valence-corrected chi connectivity index (χ3v) is 8.35. The van der Waals surface area contributed by atoms with Crippen molar-refractivity contribution in [3.05, 3.63) is 76.2 Å². The molecule has 1 heterocycles. The lowest BCUT2D eigenvalue weighted by molar-refractivity contribution is -0.116. The summed E-state index contributed by atoms with van der Waals surface area (Å²) in [6.45, 7) is 1.98. The van der Waals surface area contributed by atoms with E-state index < -0.39 is 0 Å². The van der Waals surface area contributed by atoms with Crippen LogP contribution in [0.4, 0.5) is 10.7 Å². The Bertz CT molecular complexity index is 1210. The van der Waals surface area contributed by atoms with Crippen molar-refractivity contribution in [3.8, 4) is 6.07 Å². The van der Waals surface area contributed by atoms with Gasteiger partial charge in [-0.2, -0.15) is 5.26 Å². The average molecular weight is 490 g/mol. The monoisotopic (exact) mass is 489 g/mol. The van der Waals surface area contributed by atoms with Gasteiger partial charge in [0, 0.05) is 15.5 Å². The second-order valence-electron chi connectivity index (χ2n) is 8.27. The minimum atomic E-state index is -0.305. The molecule has 3 aromatic rings. The summed E-state index contributed by atoms with van der Waals surface area (Å²) in [5.41, 5.74) is 3.42. The highest BCUT2D eigenvalue weighted by molar-refractivity contribution is 8.00. The third-order valence-electron chi connectivity index (χ3n) is 5.79. The zero-order valence-corrected chi connectivity index (χ0v) is 20.7. The minimum absolute atomic E-state index is 0.0798. The van der Waals surface area contributed by atoms with Crippen LogP contribution in [0.3, 0.4) is 0 Å². The third kappa shape index (κ3) is 5.88. The van der Waals surface area contributed by atoms with Gasteiger partial charge in [0.25, 0.3) is 0 Å². The van der Waals surface area contributed by atoms with Crippen molar-refractivity contribution in [2.75, 3.05) is 10.6 Å². The maximum Gasteiger partial charge on any atom is 0.238 e. The summed E-state index contributed by atoms with van der Waals surface area (Å²) in [5.74, 6) is -0.176. The Labute approximate surface area is 208 Å². The molecule has 1 atom stereocenters. The van der Waals surface area contributed by atoms with Crippen LogP contribution in [-0.2, 0) is 28.9 Å². The van der Waals surface area contributed by atoms with Gasteiger partial charge in [0.15, 0.2) is 0 Å². The zero-order chi connectivity index (χ0) is 23.9. The molecule has 2 aromatic carbocycles. The van der Waals surface area contributed by atoms with Crippen molar-refractivity contribution >= 4 is 45.6 Å². The van der Waals surface area contributed by atoms with Crippen molar-refractivity contribution in [1.82, 2.24) is 0 Å². The predicted octanol–water partition coefficient (Wildman–Crippen LogP) is 6.19. The van der Waals surface area contributed by atoms with Gasteiger partial charge in [-0.05, 0) is 61.4 Å². The van der Waals surface area contributed by atoms with Gasteiger partial charge in [0.05, 0.1) is 17.2 Å². The van der Waals surface area contributed by atoms with E-state index in [0.717, 1.165) is 41.7 Å². The van der Waals surface area contributed by atoms with Crippen LogP contribution < -0.4 is 10.6 Å². The number of carbonyl (C=O) groups excluding carboxylic acids is 2. The molecule has 0 saturated heterocycles. The molecule has 0 fully saturated rings. The van der Waals surface area contributed by atoms with Gasteiger partial charge < -0.3 is 10.6 Å². The molecule has 0 saturated carbocycles. The highest BCUT2D eigenvalue weighted by atomic mass is 32.2. The fourth-order valence-corrected chi connectivity index (χ4v) is 6.34. The van der Waals surface area contributed by atoms with E-state index in [2.05, 4.69) is 16.7 Å². The quantitative estimate of drug-likeness (QED) is 0.370. The van der Waals surface area contributed by atoms with E-state index in [1.54, 1.807) is 11.3 Å². The van der Waals surface area contributed by atoms with Crippen LogP contribution in [0.15, 0.2) is 59.5 Å². The second-order valence-corrected chi connectivity index (χ2v) is 10.7. The van der Waals surface area contributed by atoms with Gasteiger partial charge in [-0.3, -0.25) is 9.59 Å². The van der Waals surface area contributed by atoms with Gasteiger partial charge in [-0.1, -0.05) is 43.3 Å². The Morgan fingerprint density at radius 3 is 2.65 bits per heavy atom. The van der Waals surface area contributed by atoms with Crippen LogP contribution in [0.2, 0.25) is 0 Å². The average Bonchev–Trinajstić information content (AvgIpc) is 3.20. The second kappa shape index (κ2) is 11.4. The lowest BCUT2D eigenvalue weighted by Gasteiger charge is -2.15. The molecule has 7 heteroatoms. The Morgan fingerprint density at radius 1 is 1.09 bits per heavy atom. The van der Waals surface area contributed by atoms with Crippen LogP contribution in [0, 0.1) is 11.3 Å². The number of nitrogens with one attached hydrogen (secondary N) is 2. The maximum absolute atomic E-state index is 13.1. The van der Waals surface area contributed by atoms with Crippen molar-refractivity contribution in [2.24, 2.45) is 0 Å². The molecule has 1 aromatic heterocycles. The first-order valence-electron chi connectivity index (χ1n) is 11.5. The van der Waals surface area contributed by atoms with Gasteiger partial charge in [-0.15, -0.1) is 23.1 Å². The highest BCUT2D eigenvalue weighted by Crippen LogP contribution is 2.38. The minimum Gasteiger partial charge on any atom is -0.326 e. The molecule has 34 heavy (non-hydrogen) atoms. The molecule has 174 valence electrons. The Hall–Kier alpha value is -3.08. The van der Waals surface area contributed by atoms with Crippen LogP contribution in [0.1, 0.15) is 47.8 Å². The number of benzene rings is 2. The Morgan fingerprint density at radius 2 is 1.88 bits per heavy atom. The number of amides is 2. The summed E-state index contributed by atoms with van der Waals surface area (Å²) < 4.78 is 0. The largest absolute Gasteiger partial charge is 0.326 e. The smallest absolute Gasteiger partial charge is 0.238 e. The predicted molar refractivity (Wildman–Crippen MR) is 139 cm³/mol. The highest BCUT2D eigenvalue weighted by Gasteiger charge is 2.24. The molecule has 1 aliphatic carbocycles. The van der Waals surface area contributed by atoms with Gasteiger partial charge in [-0.25, -0.2) is 0 Å². The number of hydrogen-bond donors (Lipinski definition) is 2. The number of nitriles is 1. The summed E-state index contributed by atoms with van der Waals surface area (Å²) in [5, 5.41) is 16.0. The van der Waals surface area contributed by atoms with E-state index in [9.17, 15) is 14.9 Å². The van der Waals surface area contributed by atoms with Crippen molar-refractivity contribution in [3.63, 3.8) is 0 Å².